The van der Waals surface area contributed by atoms with Gasteiger partial charge in [0.05, 0.1) is 23.9 Å². The van der Waals surface area contributed by atoms with Crippen molar-refractivity contribution < 1.29 is 13.6 Å². The second-order valence-corrected chi connectivity index (χ2v) is 7.23. The molecule has 0 aliphatic carbocycles. The Hall–Kier alpha value is -3.26. The number of nitriles is 1. The summed E-state index contributed by atoms with van der Waals surface area (Å²) in [5.74, 6) is -3.35. The molecule has 1 aliphatic heterocycles. The minimum Gasteiger partial charge on any atom is -0.343 e. The Morgan fingerprint density at radius 3 is 2.93 bits per heavy atom. The Kier molecular flexibility index (Phi) is 5.93. The number of amides is 1. The zero-order valence-corrected chi connectivity index (χ0v) is 16.5. The summed E-state index contributed by atoms with van der Waals surface area (Å²) in [7, 11) is 0. The maximum Gasteiger partial charge on any atom is 0.303 e. The van der Waals surface area contributed by atoms with Gasteiger partial charge in [0, 0.05) is 50.0 Å². The molecule has 1 aliphatic rings. The van der Waals surface area contributed by atoms with E-state index in [1.165, 1.54) is 24.5 Å². The first kappa shape index (κ1) is 20.5. The molecule has 150 valence electrons. The van der Waals surface area contributed by atoms with Gasteiger partial charge in [-0.05, 0) is 0 Å². The van der Waals surface area contributed by atoms with Crippen LogP contribution in [0.2, 0.25) is 0 Å². The lowest BCUT2D eigenvalue weighted by Crippen LogP contribution is -2.29. The van der Waals surface area contributed by atoms with E-state index < -0.39 is 11.8 Å². The van der Waals surface area contributed by atoms with E-state index in [4.69, 9.17) is 5.26 Å². The Balaban J connectivity index is 1.98. The van der Waals surface area contributed by atoms with Crippen LogP contribution in [-0.4, -0.2) is 40.0 Å². The summed E-state index contributed by atoms with van der Waals surface area (Å²) >= 11 is 1.33. The van der Waals surface area contributed by atoms with E-state index in [0.29, 0.717) is 40.0 Å². The number of amidine groups is 2. The van der Waals surface area contributed by atoms with Crippen molar-refractivity contribution in [1.29, 1.82) is 5.26 Å². The van der Waals surface area contributed by atoms with Gasteiger partial charge >= 0.3 is 5.92 Å². The molecule has 29 heavy (non-hydrogen) atoms. The van der Waals surface area contributed by atoms with Crippen LogP contribution in [0.4, 0.5) is 20.3 Å². The third-order valence-corrected chi connectivity index (χ3v) is 4.64. The number of halogens is 2. The number of carbonyl (C=O) groups excluding carboxylic acids is 1. The molecule has 0 aromatic carbocycles. The van der Waals surface area contributed by atoms with Crippen LogP contribution in [0.25, 0.3) is 11.3 Å². The van der Waals surface area contributed by atoms with Gasteiger partial charge in [0.25, 0.3) is 0 Å². The van der Waals surface area contributed by atoms with E-state index in [9.17, 15) is 13.6 Å². The molecule has 0 saturated heterocycles. The molecular weight excluding hydrogens is 400 g/mol. The first-order chi connectivity index (χ1) is 13.8. The fraction of sp³-hybridized carbons (Fsp3) is 0.333. The fourth-order valence-electron chi connectivity index (χ4n) is 2.56. The fourth-order valence-corrected chi connectivity index (χ4v) is 3.29. The molecule has 0 unspecified atom stereocenters. The Bertz CT molecular complexity index is 1030. The molecule has 0 radical (unpaired) electrons. The summed E-state index contributed by atoms with van der Waals surface area (Å²) in [4.78, 5) is 27.7. The van der Waals surface area contributed by atoms with E-state index in [1.54, 1.807) is 11.4 Å². The van der Waals surface area contributed by atoms with Gasteiger partial charge in [0.15, 0.2) is 5.84 Å². The SMILES string of the molecule is CC(=O)Nc1cc(NC2=NC(C(C)(F)F)=NCC2)c(-c2csc(CC#N)n2)cn1. The van der Waals surface area contributed by atoms with E-state index in [-0.39, 0.29) is 18.9 Å². The maximum atomic E-state index is 13.6. The molecule has 0 bridgehead atoms. The second kappa shape index (κ2) is 8.40. The van der Waals surface area contributed by atoms with Crippen molar-refractivity contribution in [3.8, 4) is 17.3 Å². The summed E-state index contributed by atoms with van der Waals surface area (Å²) < 4.78 is 27.2. The van der Waals surface area contributed by atoms with Crippen LogP contribution in [0.5, 0.6) is 0 Å². The number of anilines is 2. The van der Waals surface area contributed by atoms with Gasteiger partial charge in [-0.15, -0.1) is 11.3 Å². The average molecular weight is 417 g/mol. The van der Waals surface area contributed by atoms with Crippen molar-refractivity contribution in [3.05, 3.63) is 22.7 Å². The molecule has 2 aromatic heterocycles. The molecule has 0 fully saturated rings. The number of hydrogen-bond donors (Lipinski definition) is 2. The minimum absolute atomic E-state index is 0.183. The highest BCUT2D eigenvalue weighted by atomic mass is 32.1. The largest absolute Gasteiger partial charge is 0.343 e. The molecule has 1 amide bonds. The normalized spacial score (nSPS) is 13.9. The molecule has 3 heterocycles. The van der Waals surface area contributed by atoms with Crippen molar-refractivity contribution in [2.75, 3.05) is 17.2 Å². The number of carbonyl (C=O) groups is 1. The van der Waals surface area contributed by atoms with E-state index in [1.807, 2.05) is 6.07 Å². The van der Waals surface area contributed by atoms with Crippen molar-refractivity contribution >= 4 is 40.4 Å². The van der Waals surface area contributed by atoms with Gasteiger partial charge in [0.2, 0.25) is 5.91 Å². The number of hydrogen-bond acceptors (Lipinski definition) is 8. The Morgan fingerprint density at radius 2 is 2.24 bits per heavy atom. The summed E-state index contributed by atoms with van der Waals surface area (Å²) in [6, 6.07) is 3.63. The highest BCUT2D eigenvalue weighted by molar-refractivity contribution is 7.10. The number of nitrogens with one attached hydrogen (secondary N) is 2. The van der Waals surface area contributed by atoms with Gasteiger partial charge in [-0.3, -0.25) is 9.79 Å². The van der Waals surface area contributed by atoms with E-state index in [2.05, 4.69) is 30.6 Å². The van der Waals surface area contributed by atoms with Crippen LogP contribution in [0, 0.1) is 11.3 Å². The quantitative estimate of drug-likeness (QED) is 0.773. The standard InChI is InChI=1S/C18H17F2N7OS/c1-10(28)24-15-7-12(25-14-4-6-22-17(27-14)18(2,19)20)11(8-23-15)13-9-29-16(26-13)3-5-21/h7-9H,3-4,6H2,1-2H3,(H2,22,23,24,25,27,28). The Morgan fingerprint density at radius 1 is 1.45 bits per heavy atom. The number of aromatic nitrogens is 2. The van der Waals surface area contributed by atoms with Gasteiger partial charge in [-0.1, -0.05) is 0 Å². The highest BCUT2D eigenvalue weighted by Crippen LogP contribution is 2.31. The lowest BCUT2D eigenvalue weighted by Gasteiger charge is -2.19. The molecule has 3 rings (SSSR count). The smallest absolute Gasteiger partial charge is 0.303 e. The van der Waals surface area contributed by atoms with E-state index >= 15 is 0 Å². The molecule has 2 N–H and O–H groups in total. The van der Waals surface area contributed by atoms with Crippen molar-refractivity contribution in [2.24, 2.45) is 9.98 Å². The zero-order valence-electron chi connectivity index (χ0n) is 15.7. The molecule has 0 saturated carbocycles. The van der Waals surface area contributed by atoms with E-state index in [0.717, 1.165) is 6.92 Å². The van der Waals surface area contributed by atoms with Crippen molar-refractivity contribution in [1.82, 2.24) is 9.97 Å². The topological polar surface area (TPSA) is 115 Å². The first-order valence-corrected chi connectivity index (χ1v) is 9.51. The third-order valence-electron chi connectivity index (χ3n) is 3.79. The maximum absolute atomic E-state index is 13.6. The number of alkyl halides is 2. The molecule has 0 atom stereocenters. The van der Waals surface area contributed by atoms with Crippen LogP contribution in [0.3, 0.4) is 0 Å². The van der Waals surface area contributed by atoms with Crippen LogP contribution < -0.4 is 10.6 Å². The second-order valence-electron chi connectivity index (χ2n) is 6.28. The zero-order chi connectivity index (χ0) is 21.0. The van der Waals surface area contributed by atoms with Crippen LogP contribution >= 0.6 is 11.3 Å². The van der Waals surface area contributed by atoms with Gasteiger partial charge < -0.3 is 10.6 Å². The molecule has 11 heteroatoms. The molecule has 0 spiro atoms. The number of thiazole rings is 1. The number of nitrogens with zero attached hydrogens (tertiary/aromatic N) is 5. The summed E-state index contributed by atoms with van der Waals surface area (Å²) in [6.07, 6.45) is 2.06. The lowest BCUT2D eigenvalue weighted by atomic mass is 10.1. The third kappa shape index (κ3) is 5.17. The van der Waals surface area contributed by atoms with Crippen LogP contribution in [0.1, 0.15) is 25.3 Å². The van der Waals surface area contributed by atoms with Crippen molar-refractivity contribution in [3.63, 3.8) is 0 Å². The van der Waals surface area contributed by atoms with Crippen LogP contribution in [0.15, 0.2) is 27.6 Å². The summed E-state index contributed by atoms with van der Waals surface area (Å²) in [6.45, 7) is 2.29. The number of rotatable bonds is 5. The number of pyridine rings is 1. The van der Waals surface area contributed by atoms with Gasteiger partial charge in [-0.25, -0.2) is 15.0 Å². The van der Waals surface area contributed by atoms with Gasteiger partial charge in [0.1, 0.15) is 16.7 Å². The summed E-state index contributed by atoms with van der Waals surface area (Å²) in [5.41, 5.74) is 1.67. The Labute approximate surface area is 169 Å². The van der Waals surface area contributed by atoms with Gasteiger partial charge in [-0.2, -0.15) is 14.0 Å². The van der Waals surface area contributed by atoms with Crippen LogP contribution in [-0.2, 0) is 11.2 Å². The lowest BCUT2D eigenvalue weighted by molar-refractivity contribution is -0.114. The predicted octanol–water partition coefficient (Wildman–Crippen LogP) is 3.50. The average Bonchev–Trinajstić information content (AvgIpc) is 3.10. The summed E-state index contributed by atoms with van der Waals surface area (Å²) in [5, 5.41) is 16.9. The van der Waals surface area contributed by atoms with Crippen molar-refractivity contribution in [2.45, 2.75) is 32.6 Å². The first-order valence-electron chi connectivity index (χ1n) is 8.63. The highest BCUT2D eigenvalue weighted by Gasteiger charge is 2.31. The molecule has 8 nitrogen and oxygen atoms in total. The molecule has 2 aromatic rings. The minimum atomic E-state index is -3.14. The predicted molar refractivity (Wildman–Crippen MR) is 108 cm³/mol. The monoisotopic (exact) mass is 417 g/mol. The number of aliphatic imine (C=N–C) groups is 2. The molecular formula is C18H17F2N7OS.